The minimum absolute atomic E-state index is 0.0454. The summed E-state index contributed by atoms with van der Waals surface area (Å²) in [6, 6.07) is 22.0. The van der Waals surface area contributed by atoms with E-state index in [-0.39, 0.29) is 6.03 Å². The van der Waals surface area contributed by atoms with E-state index in [1.165, 1.54) is 0 Å². The van der Waals surface area contributed by atoms with Crippen molar-refractivity contribution in [2.75, 3.05) is 31.5 Å². The van der Waals surface area contributed by atoms with E-state index in [0.29, 0.717) is 19.6 Å². The van der Waals surface area contributed by atoms with Crippen LogP contribution in [-0.2, 0) is 6.54 Å². The summed E-state index contributed by atoms with van der Waals surface area (Å²) >= 11 is 0. The molecule has 0 unspecified atom stereocenters. The maximum atomic E-state index is 12.7. The third-order valence-electron chi connectivity index (χ3n) is 5.79. The topological polar surface area (TPSA) is 66.3 Å². The summed E-state index contributed by atoms with van der Waals surface area (Å²) in [5.74, 6) is 0.961. The quantitative estimate of drug-likeness (QED) is 0.534. The summed E-state index contributed by atoms with van der Waals surface area (Å²) in [5, 5.41) is 3.01. The molecular weight excluding hydrogens is 400 g/mol. The average Bonchev–Trinajstić information content (AvgIpc) is 3.18. The van der Waals surface area contributed by atoms with Crippen LogP contribution in [0.5, 0.6) is 0 Å². The molecule has 3 heterocycles. The van der Waals surface area contributed by atoms with Gasteiger partial charge in [-0.25, -0.2) is 14.8 Å². The van der Waals surface area contributed by atoms with Gasteiger partial charge in [0.25, 0.3) is 0 Å². The van der Waals surface area contributed by atoms with Crippen molar-refractivity contribution in [2.24, 2.45) is 0 Å². The molecule has 4 aromatic rings. The normalized spacial score (nSPS) is 14.6. The van der Waals surface area contributed by atoms with Gasteiger partial charge in [-0.3, -0.25) is 9.47 Å². The number of aromatic nitrogens is 3. The minimum Gasteiger partial charge on any atom is -0.322 e. The molecule has 7 heteroatoms. The Morgan fingerprint density at radius 2 is 1.78 bits per heavy atom. The molecule has 1 saturated heterocycles. The zero-order chi connectivity index (χ0) is 21.9. The van der Waals surface area contributed by atoms with Crippen molar-refractivity contribution in [3.8, 4) is 5.69 Å². The molecule has 1 aliphatic heterocycles. The first-order chi connectivity index (χ1) is 15.7. The van der Waals surface area contributed by atoms with Gasteiger partial charge >= 0.3 is 6.03 Å². The Morgan fingerprint density at radius 3 is 2.56 bits per heavy atom. The average molecular weight is 427 g/mol. The van der Waals surface area contributed by atoms with Crippen LogP contribution in [0.1, 0.15) is 11.4 Å². The number of hydrogen-bond acceptors (Lipinski definition) is 4. The second kappa shape index (κ2) is 8.80. The van der Waals surface area contributed by atoms with Crippen LogP contribution in [0.15, 0.2) is 72.9 Å². The Hall–Kier alpha value is -3.71. The molecule has 2 aromatic heterocycles. The molecular formula is C25H26N6O. The van der Waals surface area contributed by atoms with Gasteiger partial charge in [-0.1, -0.05) is 30.3 Å². The number of nitrogens with zero attached hydrogens (tertiary/aromatic N) is 5. The summed E-state index contributed by atoms with van der Waals surface area (Å²) in [5.41, 5.74) is 4.78. The van der Waals surface area contributed by atoms with Gasteiger partial charge in [0.1, 0.15) is 11.3 Å². The van der Waals surface area contributed by atoms with E-state index in [1.807, 2.05) is 66.4 Å². The van der Waals surface area contributed by atoms with Crippen molar-refractivity contribution in [3.05, 3.63) is 84.3 Å². The summed E-state index contributed by atoms with van der Waals surface area (Å²) in [6.45, 7) is 5.69. The lowest BCUT2D eigenvalue weighted by Crippen LogP contribution is -2.49. The Bertz CT molecular complexity index is 1230. The van der Waals surface area contributed by atoms with Gasteiger partial charge in [0.2, 0.25) is 0 Å². The second-order valence-electron chi connectivity index (χ2n) is 8.11. The number of carbonyl (C=O) groups is 1. The predicted octanol–water partition coefficient (Wildman–Crippen LogP) is 4.08. The van der Waals surface area contributed by atoms with E-state index in [1.54, 1.807) is 6.20 Å². The lowest BCUT2D eigenvalue weighted by molar-refractivity contribution is 0.140. The number of pyridine rings is 1. The highest BCUT2D eigenvalue weighted by atomic mass is 16.2. The van der Waals surface area contributed by atoms with Gasteiger partial charge < -0.3 is 10.2 Å². The number of urea groups is 1. The van der Waals surface area contributed by atoms with E-state index in [2.05, 4.69) is 31.9 Å². The number of anilines is 1. The third kappa shape index (κ3) is 4.20. The number of fused-ring (bicyclic) bond motifs is 1. The zero-order valence-electron chi connectivity index (χ0n) is 18.1. The van der Waals surface area contributed by atoms with Crippen LogP contribution in [0.3, 0.4) is 0 Å². The molecule has 2 aromatic carbocycles. The number of hydrogen-bond donors (Lipinski definition) is 1. The van der Waals surface area contributed by atoms with Crippen molar-refractivity contribution in [1.29, 1.82) is 0 Å². The fraction of sp³-hybridized carbons (Fsp3) is 0.240. The minimum atomic E-state index is -0.0454. The van der Waals surface area contributed by atoms with Crippen LogP contribution in [0.2, 0.25) is 0 Å². The van der Waals surface area contributed by atoms with E-state index in [0.717, 1.165) is 47.0 Å². The number of aryl methyl sites for hydroxylation is 1. The standard InChI is InChI=1S/C25H26N6O/c1-19-7-5-8-20(17-19)27-25(32)30-15-13-29(14-16-30)18-23-28-22-11-6-12-26-24(22)31(23)21-9-3-2-4-10-21/h2-12,17H,13-16,18H2,1H3,(H,27,32). The van der Waals surface area contributed by atoms with Crippen molar-refractivity contribution >= 4 is 22.9 Å². The molecule has 162 valence electrons. The first kappa shape index (κ1) is 20.2. The molecule has 0 atom stereocenters. The lowest BCUT2D eigenvalue weighted by Gasteiger charge is -2.34. The Kier molecular flexibility index (Phi) is 5.56. The molecule has 1 N–H and O–H groups in total. The van der Waals surface area contributed by atoms with Crippen molar-refractivity contribution in [2.45, 2.75) is 13.5 Å². The first-order valence-corrected chi connectivity index (χ1v) is 10.9. The van der Waals surface area contributed by atoms with Gasteiger partial charge in [0, 0.05) is 43.8 Å². The van der Waals surface area contributed by atoms with Gasteiger partial charge in [-0.15, -0.1) is 0 Å². The van der Waals surface area contributed by atoms with E-state index in [9.17, 15) is 4.79 Å². The molecule has 5 rings (SSSR count). The summed E-state index contributed by atoms with van der Waals surface area (Å²) in [6.07, 6.45) is 1.80. The van der Waals surface area contributed by atoms with E-state index >= 15 is 0 Å². The van der Waals surface area contributed by atoms with Gasteiger partial charge in [-0.05, 0) is 48.9 Å². The summed E-state index contributed by atoms with van der Waals surface area (Å²) in [7, 11) is 0. The van der Waals surface area contributed by atoms with Crippen molar-refractivity contribution in [3.63, 3.8) is 0 Å². The SMILES string of the molecule is Cc1cccc(NC(=O)N2CCN(Cc3nc4cccnc4n3-c3ccccc3)CC2)c1. The van der Waals surface area contributed by atoms with Crippen LogP contribution >= 0.6 is 0 Å². The second-order valence-corrected chi connectivity index (χ2v) is 8.11. The highest BCUT2D eigenvalue weighted by Gasteiger charge is 2.23. The van der Waals surface area contributed by atoms with Gasteiger partial charge in [0.05, 0.1) is 6.54 Å². The number of para-hydroxylation sites is 1. The molecule has 1 fully saturated rings. The fourth-order valence-corrected chi connectivity index (χ4v) is 4.15. The maximum absolute atomic E-state index is 12.7. The molecule has 0 saturated carbocycles. The molecule has 0 spiro atoms. The van der Waals surface area contributed by atoms with Gasteiger partial charge in [0.15, 0.2) is 5.65 Å². The fourth-order valence-electron chi connectivity index (χ4n) is 4.15. The number of carbonyl (C=O) groups excluding carboxylic acids is 1. The van der Waals surface area contributed by atoms with E-state index < -0.39 is 0 Å². The van der Waals surface area contributed by atoms with E-state index in [4.69, 9.17) is 4.98 Å². The van der Waals surface area contributed by atoms with Crippen molar-refractivity contribution < 1.29 is 4.79 Å². The molecule has 32 heavy (non-hydrogen) atoms. The molecule has 2 amide bonds. The maximum Gasteiger partial charge on any atom is 0.321 e. The third-order valence-corrected chi connectivity index (χ3v) is 5.79. The smallest absolute Gasteiger partial charge is 0.321 e. The Balaban J connectivity index is 1.28. The summed E-state index contributed by atoms with van der Waals surface area (Å²) in [4.78, 5) is 26.3. The first-order valence-electron chi connectivity index (χ1n) is 10.9. The van der Waals surface area contributed by atoms with Gasteiger partial charge in [-0.2, -0.15) is 0 Å². The lowest BCUT2D eigenvalue weighted by atomic mass is 10.2. The highest BCUT2D eigenvalue weighted by Crippen LogP contribution is 2.21. The molecule has 0 aliphatic carbocycles. The molecule has 0 bridgehead atoms. The number of amides is 2. The molecule has 0 radical (unpaired) electrons. The number of imidazole rings is 1. The molecule has 7 nitrogen and oxygen atoms in total. The van der Waals surface area contributed by atoms with Crippen LogP contribution in [0.4, 0.5) is 10.5 Å². The van der Waals surface area contributed by atoms with Crippen LogP contribution < -0.4 is 5.32 Å². The van der Waals surface area contributed by atoms with Crippen LogP contribution in [-0.4, -0.2) is 56.5 Å². The monoisotopic (exact) mass is 426 g/mol. The van der Waals surface area contributed by atoms with Crippen LogP contribution in [0.25, 0.3) is 16.9 Å². The largest absolute Gasteiger partial charge is 0.322 e. The number of nitrogens with one attached hydrogen (secondary N) is 1. The Labute approximate surface area is 187 Å². The number of rotatable bonds is 4. The van der Waals surface area contributed by atoms with Crippen molar-refractivity contribution in [1.82, 2.24) is 24.3 Å². The number of piperazine rings is 1. The predicted molar refractivity (Wildman–Crippen MR) is 126 cm³/mol. The Morgan fingerprint density at radius 1 is 0.969 bits per heavy atom. The summed E-state index contributed by atoms with van der Waals surface area (Å²) < 4.78 is 2.13. The highest BCUT2D eigenvalue weighted by molar-refractivity contribution is 5.89. The zero-order valence-corrected chi connectivity index (χ0v) is 18.1. The molecule has 1 aliphatic rings. The van der Waals surface area contributed by atoms with Crippen LogP contribution in [0, 0.1) is 6.92 Å². The number of benzene rings is 2.